The molecule has 0 unspecified atom stereocenters. The van der Waals surface area contributed by atoms with Gasteiger partial charge in [0.15, 0.2) is 0 Å². The van der Waals surface area contributed by atoms with E-state index in [1.54, 1.807) is 23.3 Å². The van der Waals surface area contributed by atoms with Crippen molar-refractivity contribution in [2.75, 3.05) is 25.5 Å². The maximum atomic E-state index is 12.5. The lowest BCUT2D eigenvalue weighted by Gasteiger charge is -2.21. The summed E-state index contributed by atoms with van der Waals surface area (Å²) in [6, 6.07) is 11.4. The highest BCUT2D eigenvalue weighted by Crippen LogP contribution is 2.27. The van der Waals surface area contributed by atoms with Gasteiger partial charge in [-0.2, -0.15) is 0 Å². The number of anilines is 1. The second kappa shape index (κ2) is 10.8. The van der Waals surface area contributed by atoms with E-state index in [9.17, 15) is 9.59 Å². The van der Waals surface area contributed by atoms with E-state index in [2.05, 4.69) is 15.5 Å². The Kier molecular flexibility index (Phi) is 7.92. The first kappa shape index (κ1) is 21.9. The molecule has 0 spiro atoms. The van der Waals surface area contributed by atoms with Crippen LogP contribution in [0, 0.1) is 0 Å². The van der Waals surface area contributed by atoms with Crippen molar-refractivity contribution < 1.29 is 14.3 Å². The zero-order chi connectivity index (χ0) is 21.3. The molecule has 2 heterocycles. The number of hydrogen-bond acceptors (Lipinski definition) is 7. The molecule has 1 aromatic carbocycles. The summed E-state index contributed by atoms with van der Waals surface area (Å²) in [5, 5.41) is 14.1. The summed E-state index contributed by atoms with van der Waals surface area (Å²) in [7, 11) is 1.62. The minimum atomic E-state index is -0.183. The molecule has 0 aliphatic rings. The van der Waals surface area contributed by atoms with Gasteiger partial charge in [-0.3, -0.25) is 9.59 Å². The quantitative estimate of drug-likeness (QED) is 0.509. The van der Waals surface area contributed by atoms with Crippen molar-refractivity contribution in [3.05, 3.63) is 46.7 Å². The van der Waals surface area contributed by atoms with Crippen LogP contribution in [-0.2, 0) is 16.0 Å². The van der Waals surface area contributed by atoms with Crippen molar-refractivity contribution in [1.82, 2.24) is 15.1 Å². The monoisotopic (exact) mass is 444 g/mol. The molecule has 0 fully saturated rings. The molecule has 0 saturated carbocycles. The summed E-state index contributed by atoms with van der Waals surface area (Å²) in [6.45, 7) is 3.04. The molecular formula is C21H24N4O3S2. The molecule has 0 bridgehead atoms. The van der Waals surface area contributed by atoms with Gasteiger partial charge < -0.3 is 15.0 Å². The topological polar surface area (TPSA) is 84.4 Å². The average Bonchev–Trinajstić information content (AvgIpc) is 3.43. The normalized spacial score (nSPS) is 10.6. The zero-order valence-electron chi connectivity index (χ0n) is 17.0. The van der Waals surface area contributed by atoms with Crippen molar-refractivity contribution in [1.29, 1.82) is 0 Å². The highest BCUT2D eigenvalue weighted by Gasteiger charge is 2.16. The van der Waals surface area contributed by atoms with Gasteiger partial charge in [0, 0.05) is 30.0 Å². The number of hydrogen-bond donors (Lipinski definition) is 1. The third kappa shape index (κ3) is 6.11. The Morgan fingerprint density at radius 3 is 2.60 bits per heavy atom. The maximum Gasteiger partial charge on any atom is 0.227 e. The van der Waals surface area contributed by atoms with Crippen LogP contribution in [-0.4, -0.2) is 47.1 Å². The third-order valence-corrected chi connectivity index (χ3v) is 6.13. The predicted octanol–water partition coefficient (Wildman–Crippen LogP) is 4.09. The van der Waals surface area contributed by atoms with E-state index in [1.165, 1.54) is 11.3 Å². The van der Waals surface area contributed by atoms with Crippen molar-refractivity contribution in [2.24, 2.45) is 0 Å². The van der Waals surface area contributed by atoms with Gasteiger partial charge in [-0.05, 0) is 42.1 Å². The maximum absolute atomic E-state index is 12.5. The fourth-order valence-corrected chi connectivity index (χ4v) is 4.31. The van der Waals surface area contributed by atoms with E-state index in [-0.39, 0.29) is 18.2 Å². The number of ether oxygens (including phenoxy) is 1. The molecule has 7 nitrogen and oxygen atoms in total. The van der Waals surface area contributed by atoms with E-state index in [1.807, 2.05) is 48.7 Å². The molecular weight excluding hydrogens is 420 g/mol. The van der Waals surface area contributed by atoms with Crippen molar-refractivity contribution in [3.63, 3.8) is 0 Å². The molecule has 0 aliphatic carbocycles. The summed E-state index contributed by atoms with van der Waals surface area (Å²) >= 11 is 2.87. The van der Waals surface area contributed by atoms with E-state index in [0.717, 1.165) is 22.6 Å². The number of amides is 2. The molecule has 3 aromatic rings. The molecule has 0 aliphatic heterocycles. The number of carbonyl (C=O) groups is 2. The van der Waals surface area contributed by atoms with Crippen molar-refractivity contribution in [3.8, 4) is 16.3 Å². The summed E-state index contributed by atoms with van der Waals surface area (Å²) in [5.41, 5.74) is 0.905. The smallest absolute Gasteiger partial charge is 0.227 e. The lowest BCUT2D eigenvalue weighted by molar-refractivity contribution is -0.130. The summed E-state index contributed by atoms with van der Waals surface area (Å²) in [4.78, 5) is 27.7. The third-order valence-electron chi connectivity index (χ3n) is 4.37. The summed E-state index contributed by atoms with van der Waals surface area (Å²) in [6.07, 6.45) is 1.44. The average molecular weight is 445 g/mol. The first-order valence-electron chi connectivity index (χ1n) is 9.67. The first-order chi connectivity index (χ1) is 14.6. The first-order valence-corrected chi connectivity index (χ1v) is 11.4. The molecule has 1 N–H and O–H groups in total. The van der Waals surface area contributed by atoms with Gasteiger partial charge in [-0.25, -0.2) is 0 Å². The van der Waals surface area contributed by atoms with Crippen LogP contribution in [0.1, 0.15) is 24.6 Å². The van der Waals surface area contributed by atoms with Crippen LogP contribution in [0.15, 0.2) is 41.8 Å². The van der Waals surface area contributed by atoms with Crippen LogP contribution in [0.25, 0.3) is 10.6 Å². The Labute approximate surface area is 183 Å². The Balaban J connectivity index is 1.52. The predicted molar refractivity (Wildman–Crippen MR) is 120 cm³/mol. The number of carbonyl (C=O) groups excluding carboxylic acids is 2. The van der Waals surface area contributed by atoms with Gasteiger partial charge in [-0.1, -0.05) is 24.3 Å². The Bertz CT molecular complexity index is 955. The van der Waals surface area contributed by atoms with E-state index >= 15 is 0 Å². The number of thiophene rings is 1. The number of nitrogens with zero attached hydrogens (tertiary/aromatic N) is 3. The molecule has 158 valence electrons. The fraction of sp³-hybridized carbons (Fsp3) is 0.333. The second-order valence-electron chi connectivity index (χ2n) is 6.58. The van der Waals surface area contributed by atoms with Crippen molar-refractivity contribution in [2.45, 2.75) is 26.2 Å². The molecule has 9 heteroatoms. The van der Waals surface area contributed by atoms with Gasteiger partial charge in [0.1, 0.15) is 10.8 Å². The fourth-order valence-electron chi connectivity index (χ4n) is 2.85. The molecule has 2 amide bonds. The largest absolute Gasteiger partial charge is 0.497 e. The summed E-state index contributed by atoms with van der Waals surface area (Å²) < 4.78 is 5.16. The van der Waals surface area contributed by atoms with Gasteiger partial charge in [0.05, 0.1) is 13.5 Å². The van der Waals surface area contributed by atoms with Crippen LogP contribution in [0.4, 0.5) is 5.13 Å². The van der Waals surface area contributed by atoms with Gasteiger partial charge in [0.2, 0.25) is 16.9 Å². The molecule has 0 saturated heterocycles. The standard InChI is InChI=1S/C21H24N4O3S2/c1-3-11-25(19(27)14-17-5-4-13-29-17)12-10-18(26)22-21-24-23-20(30-21)15-6-8-16(28-2)9-7-15/h4-9,13H,3,10-12,14H2,1-2H3,(H,22,24,26). The molecule has 30 heavy (non-hydrogen) atoms. The highest BCUT2D eigenvalue weighted by molar-refractivity contribution is 7.18. The number of rotatable bonds is 10. The second-order valence-corrected chi connectivity index (χ2v) is 8.59. The van der Waals surface area contributed by atoms with Crippen molar-refractivity contribution >= 4 is 39.6 Å². The Hall–Kier alpha value is -2.78. The van der Waals surface area contributed by atoms with Gasteiger partial charge in [-0.15, -0.1) is 21.5 Å². The van der Waals surface area contributed by atoms with Gasteiger partial charge in [0.25, 0.3) is 0 Å². The summed E-state index contributed by atoms with van der Waals surface area (Å²) in [5.74, 6) is 0.629. The molecule has 0 radical (unpaired) electrons. The van der Waals surface area contributed by atoms with Crippen LogP contribution < -0.4 is 10.1 Å². The number of benzene rings is 1. The van der Waals surface area contributed by atoms with Crippen LogP contribution in [0.2, 0.25) is 0 Å². The Morgan fingerprint density at radius 1 is 1.13 bits per heavy atom. The number of aromatic nitrogens is 2. The highest BCUT2D eigenvalue weighted by atomic mass is 32.1. The van der Waals surface area contributed by atoms with Crippen LogP contribution >= 0.6 is 22.7 Å². The van der Waals surface area contributed by atoms with E-state index in [0.29, 0.717) is 29.6 Å². The lowest BCUT2D eigenvalue weighted by Crippen LogP contribution is -2.35. The lowest BCUT2D eigenvalue weighted by atomic mass is 10.2. The minimum absolute atomic E-state index is 0.0461. The SMILES string of the molecule is CCCN(CCC(=O)Nc1nnc(-c2ccc(OC)cc2)s1)C(=O)Cc1cccs1. The molecule has 0 atom stereocenters. The van der Waals surface area contributed by atoms with E-state index < -0.39 is 0 Å². The molecule has 2 aromatic heterocycles. The van der Waals surface area contributed by atoms with Gasteiger partial charge >= 0.3 is 0 Å². The molecule has 3 rings (SSSR count). The minimum Gasteiger partial charge on any atom is -0.497 e. The van der Waals surface area contributed by atoms with Crippen LogP contribution in [0.5, 0.6) is 5.75 Å². The zero-order valence-corrected chi connectivity index (χ0v) is 18.6. The van der Waals surface area contributed by atoms with E-state index in [4.69, 9.17) is 4.74 Å². The number of nitrogens with one attached hydrogen (secondary N) is 1. The Morgan fingerprint density at radius 2 is 1.93 bits per heavy atom. The van der Waals surface area contributed by atoms with Crippen LogP contribution in [0.3, 0.4) is 0 Å². The number of methoxy groups -OCH3 is 1.